The summed E-state index contributed by atoms with van der Waals surface area (Å²) in [4.78, 5) is 14.1. The molecule has 0 bridgehead atoms. The van der Waals surface area contributed by atoms with Crippen LogP contribution < -0.4 is 5.90 Å². The first-order chi connectivity index (χ1) is 6.45. The second-order valence-corrected chi connectivity index (χ2v) is 2.61. The summed E-state index contributed by atoms with van der Waals surface area (Å²) in [6, 6.07) is 0. The zero-order valence-corrected chi connectivity index (χ0v) is 10.8. The van der Waals surface area contributed by atoms with Gasteiger partial charge < -0.3 is 30.4 Å². The van der Waals surface area contributed by atoms with Crippen molar-refractivity contribution in [3.63, 3.8) is 0 Å². The summed E-state index contributed by atoms with van der Waals surface area (Å²) in [7, 11) is 0. The van der Waals surface area contributed by atoms with E-state index >= 15 is 0 Å². The van der Waals surface area contributed by atoms with Crippen LogP contribution in [-0.2, 0) is 29.1 Å². The molecule has 0 radical (unpaired) electrons. The van der Waals surface area contributed by atoms with E-state index in [1.807, 2.05) is 0 Å². The summed E-state index contributed by atoms with van der Waals surface area (Å²) < 4.78 is 0. The van der Waals surface area contributed by atoms with Crippen LogP contribution in [0.2, 0.25) is 0 Å². The molecular formula is C6H13NO7Zn. The summed E-state index contributed by atoms with van der Waals surface area (Å²) in [5, 5.41) is 44.3. The van der Waals surface area contributed by atoms with Crippen LogP contribution in [0.3, 0.4) is 0 Å². The molecule has 0 heterocycles. The fourth-order valence-corrected chi connectivity index (χ4v) is 0.732. The largest absolute Gasteiger partial charge is 0.394 e. The minimum Gasteiger partial charge on any atom is -0.394 e. The summed E-state index contributed by atoms with van der Waals surface area (Å²) in [5.41, 5.74) is 0. The Labute approximate surface area is 98.0 Å². The van der Waals surface area contributed by atoms with Gasteiger partial charge in [0.25, 0.3) is 0 Å². The Hall–Kier alpha value is -0.147. The van der Waals surface area contributed by atoms with Crippen LogP contribution in [0.15, 0.2) is 0 Å². The monoisotopic (exact) mass is 275 g/mol. The van der Waals surface area contributed by atoms with Gasteiger partial charge in [0.15, 0.2) is 6.10 Å². The van der Waals surface area contributed by atoms with Crippen molar-refractivity contribution in [2.24, 2.45) is 5.90 Å². The van der Waals surface area contributed by atoms with Crippen molar-refractivity contribution in [3.8, 4) is 0 Å². The van der Waals surface area contributed by atoms with Gasteiger partial charge in [0, 0.05) is 19.5 Å². The first-order valence-electron chi connectivity index (χ1n) is 3.69. The Kier molecular flexibility index (Phi) is 9.27. The molecule has 4 atom stereocenters. The molecule has 0 aromatic heterocycles. The van der Waals surface area contributed by atoms with Crippen LogP contribution in [0, 0.1) is 0 Å². The molecule has 0 saturated heterocycles. The molecule has 0 rings (SSSR count). The molecule has 0 aliphatic rings. The van der Waals surface area contributed by atoms with Crippen molar-refractivity contribution < 1.29 is 54.6 Å². The van der Waals surface area contributed by atoms with Gasteiger partial charge in [0.05, 0.1) is 6.61 Å². The molecule has 0 spiro atoms. The fourth-order valence-electron chi connectivity index (χ4n) is 0.732. The number of hydrogen-bond acceptors (Lipinski definition) is 8. The maximum absolute atomic E-state index is 10.6. The second-order valence-electron chi connectivity index (χ2n) is 2.61. The van der Waals surface area contributed by atoms with Gasteiger partial charge in [0.2, 0.25) is 0 Å². The van der Waals surface area contributed by atoms with Crippen LogP contribution in [-0.4, -0.2) is 62.5 Å². The number of carbonyl (C=O) groups excluding carboxylic acids is 1. The van der Waals surface area contributed by atoms with E-state index in [0.29, 0.717) is 0 Å². The molecule has 0 fully saturated rings. The molecule has 15 heavy (non-hydrogen) atoms. The molecule has 0 unspecified atom stereocenters. The quantitative estimate of drug-likeness (QED) is 0.218. The Morgan fingerprint density at radius 1 is 1.20 bits per heavy atom. The predicted molar refractivity (Wildman–Crippen MR) is 41.4 cm³/mol. The van der Waals surface area contributed by atoms with Crippen LogP contribution >= 0.6 is 0 Å². The number of rotatable bonds is 5. The minimum absolute atomic E-state index is 0. The third-order valence-corrected chi connectivity index (χ3v) is 1.61. The van der Waals surface area contributed by atoms with Gasteiger partial charge >= 0.3 is 5.97 Å². The predicted octanol–water partition coefficient (Wildman–Crippen LogP) is -4.16. The summed E-state index contributed by atoms with van der Waals surface area (Å²) in [5.74, 6) is 3.05. The molecule has 86 valence electrons. The van der Waals surface area contributed by atoms with Gasteiger partial charge in [-0.3, -0.25) is 0 Å². The topological polar surface area (TPSA) is 153 Å². The molecule has 0 amide bonds. The molecule has 0 aromatic carbocycles. The van der Waals surface area contributed by atoms with E-state index in [1.54, 1.807) is 0 Å². The second kappa shape index (κ2) is 8.06. The van der Waals surface area contributed by atoms with Crippen molar-refractivity contribution >= 4 is 5.97 Å². The molecule has 0 aliphatic carbocycles. The Balaban J connectivity index is 0. The van der Waals surface area contributed by atoms with E-state index in [2.05, 4.69) is 10.7 Å². The van der Waals surface area contributed by atoms with E-state index in [9.17, 15) is 4.79 Å². The fraction of sp³-hybridized carbons (Fsp3) is 0.833. The first kappa shape index (κ1) is 17.3. The Bertz CT molecular complexity index is 192. The van der Waals surface area contributed by atoms with Gasteiger partial charge in [0.1, 0.15) is 18.3 Å². The third-order valence-electron chi connectivity index (χ3n) is 1.61. The summed E-state index contributed by atoms with van der Waals surface area (Å²) >= 11 is 0. The van der Waals surface area contributed by atoms with E-state index < -0.39 is 37.0 Å². The van der Waals surface area contributed by atoms with Gasteiger partial charge in [-0.1, -0.05) is 0 Å². The number of nitrogens with two attached hydrogens (primary N) is 1. The number of aliphatic hydroxyl groups excluding tert-OH is 5. The molecule has 8 nitrogen and oxygen atoms in total. The van der Waals surface area contributed by atoms with Crippen molar-refractivity contribution in [1.82, 2.24) is 0 Å². The maximum atomic E-state index is 10.6. The van der Waals surface area contributed by atoms with Gasteiger partial charge in [-0.2, -0.15) is 5.90 Å². The molecule has 9 heteroatoms. The SMILES string of the molecule is NOC(=O)[C@H](O)[C@@H](O)[C@H](O)[C@H](O)CO.[Zn]. The van der Waals surface area contributed by atoms with Crippen molar-refractivity contribution in [2.75, 3.05) is 6.61 Å². The normalized spacial score (nSPS) is 18.3. The van der Waals surface area contributed by atoms with Gasteiger partial charge in [-0.05, 0) is 0 Å². The minimum atomic E-state index is -2.09. The van der Waals surface area contributed by atoms with Crippen LogP contribution in [0.25, 0.3) is 0 Å². The van der Waals surface area contributed by atoms with Crippen LogP contribution in [0.4, 0.5) is 0 Å². The maximum Gasteiger partial charge on any atom is 0.356 e. The zero-order valence-electron chi connectivity index (χ0n) is 7.85. The number of carbonyl (C=O) groups is 1. The average Bonchev–Trinajstić information content (AvgIpc) is 2.23. The van der Waals surface area contributed by atoms with Crippen molar-refractivity contribution in [1.29, 1.82) is 0 Å². The summed E-state index contributed by atoms with van der Waals surface area (Å²) in [6.45, 7) is -0.831. The molecule has 0 aromatic rings. The van der Waals surface area contributed by atoms with Crippen molar-refractivity contribution in [3.05, 3.63) is 0 Å². The van der Waals surface area contributed by atoms with Crippen molar-refractivity contribution in [2.45, 2.75) is 24.4 Å². The molecule has 0 aliphatic heterocycles. The first-order valence-corrected chi connectivity index (χ1v) is 3.69. The Morgan fingerprint density at radius 3 is 2.00 bits per heavy atom. The number of aliphatic hydroxyl groups is 5. The van der Waals surface area contributed by atoms with E-state index in [-0.39, 0.29) is 19.5 Å². The van der Waals surface area contributed by atoms with Crippen LogP contribution in [0.1, 0.15) is 0 Å². The third kappa shape index (κ3) is 4.94. The average molecular weight is 277 g/mol. The van der Waals surface area contributed by atoms with Gasteiger partial charge in [-0.25, -0.2) is 4.79 Å². The molecular weight excluding hydrogens is 263 g/mol. The zero-order chi connectivity index (χ0) is 11.3. The van der Waals surface area contributed by atoms with Crippen LogP contribution in [0.5, 0.6) is 0 Å². The number of hydrogen-bond donors (Lipinski definition) is 6. The van der Waals surface area contributed by atoms with E-state index in [4.69, 9.17) is 25.5 Å². The van der Waals surface area contributed by atoms with E-state index in [0.717, 1.165) is 0 Å². The standard InChI is InChI=1S/C6H13NO7.Zn/c7-14-6(13)5(12)4(11)3(10)2(9)1-8;/h2-5,8-12H,1,7H2;/t2-,3-,4+,5-;/m1./s1. The Morgan fingerprint density at radius 2 is 1.67 bits per heavy atom. The summed E-state index contributed by atoms with van der Waals surface area (Å²) in [6.07, 6.45) is -7.64. The van der Waals surface area contributed by atoms with E-state index in [1.165, 1.54) is 0 Å². The molecule has 0 saturated carbocycles. The van der Waals surface area contributed by atoms with Gasteiger partial charge in [-0.15, -0.1) is 0 Å². The molecule has 7 N–H and O–H groups in total. The smallest absolute Gasteiger partial charge is 0.356 e.